The molecule has 1 N–H and O–H groups in total. The van der Waals surface area contributed by atoms with E-state index in [1.807, 2.05) is 36.4 Å². The first-order valence-corrected chi connectivity index (χ1v) is 10.8. The Balaban J connectivity index is 1.78. The Kier molecular flexibility index (Phi) is 6.23. The Morgan fingerprint density at radius 3 is 2.47 bits per heavy atom. The van der Waals surface area contributed by atoms with E-state index in [0.717, 1.165) is 21.6 Å². The number of benzene rings is 2. The number of nitrogens with zero attached hydrogens (tertiary/aromatic N) is 2. The van der Waals surface area contributed by atoms with Crippen molar-refractivity contribution in [2.45, 2.75) is 6.92 Å². The van der Waals surface area contributed by atoms with E-state index < -0.39 is 17.4 Å². The van der Waals surface area contributed by atoms with Crippen LogP contribution in [0.2, 0.25) is 0 Å². The molecule has 7 nitrogen and oxygen atoms in total. The van der Waals surface area contributed by atoms with E-state index in [-0.39, 0.29) is 17.7 Å². The van der Waals surface area contributed by atoms with Gasteiger partial charge in [-0.3, -0.25) is 9.59 Å². The van der Waals surface area contributed by atoms with E-state index >= 15 is 0 Å². The number of nitrogens with one attached hydrogen (secondary N) is 1. The molecule has 2 aromatic heterocycles. The molecule has 0 aliphatic rings. The Hall–Kier alpha value is -4.04. The third kappa shape index (κ3) is 4.35. The summed E-state index contributed by atoms with van der Waals surface area (Å²) >= 11 is 1.15. The summed E-state index contributed by atoms with van der Waals surface area (Å²) in [7, 11) is 0. The Morgan fingerprint density at radius 1 is 1.09 bits per heavy atom. The second-order valence-electron chi connectivity index (χ2n) is 6.71. The zero-order valence-corrected chi connectivity index (χ0v) is 18.0. The fourth-order valence-electron chi connectivity index (χ4n) is 3.13. The molecule has 0 unspecified atom stereocenters. The van der Waals surface area contributed by atoms with Gasteiger partial charge in [0.05, 0.1) is 17.7 Å². The molecule has 160 valence electrons. The Bertz CT molecular complexity index is 1360. The lowest BCUT2D eigenvalue weighted by Crippen LogP contribution is -2.25. The van der Waals surface area contributed by atoms with Gasteiger partial charge < -0.3 is 10.1 Å². The maximum atomic E-state index is 13.3. The van der Waals surface area contributed by atoms with Gasteiger partial charge in [-0.05, 0) is 30.7 Å². The van der Waals surface area contributed by atoms with Crippen molar-refractivity contribution in [3.63, 3.8) is 0 Å². The van der Waals surface area contributed by atoms with Gasteiger partial charge in [-0.1, -0.05) is 48.5 Å². The number of aromatic nitrogens is 2. The van der Waals surface area contributed by atoms with Crippen molar-refractivity contribution < 1.29 is 14.3 Å². The van der Waals surface area contributed by atoms with E-state index in [0.29, 0.717) is 16.1 Å². The summed E-state index contributed by atoms with van der Waals surface area (Å²) in [5.74, 6) is -1.03. The van der Waals surface area contributed by atoms with Crippen LogP contribution in [0.15, 0.2) is 76.9 Å². The minimum atomic E-state index is -0.637. The lowest BCUT2D eigenvalue weighted by Gasteiger charge is -2.09. The van der Waals surface area contributed by atoms with Crippen LogP contribution in [0.1, 0.15) is 23.0 Å². The standard InChI is InChI=1S/C24H19N3O4S/c1-2-31-24(30)21-18-15-32-22(25-19(28)14-13-16-9-5-3-6-10-16)20(18)23(29)27(26-21)17-11-7-4-8-12-17/h3-15H,2H2,1H3,(H,25,28). The summed E-state index contributed by atoms with van der Waals surface area (Å²) in [6, 6.07) is 18.2. The summed E-state index contributed by atoms with van der Waals surface area (Å²) in [4.78, 5) is 38.3. The molecule has 1 amide bonds. The van der Waals surface area contributed by atoms with Gasteiger partial charge in [0.2, 0.25) is 5.91 Å². The summed E-state index contributed by atoms with van der Waals surface area (Å²) in [6.45, 7) is 1.87. The van der Waals surface area contributed by atoms with Crippen molar-refractivity contribution in [3.8, 4) is 5.69 Å². The molecule has 8 heteroatoms. The van der Waals surface area contributed by atoms with E-state index in [9.17, 15) is 14.4 Å². The lowest BCUT2D eigenvalue weighted by atomic mass is 10.2. The molecule has 0 atom stereocenters. The SMILES string of the molecule is CCOC(=O)c1nn(-c2ccccc2)c(=O)c2c(NC(=O)C=Cc3ccccc3)scc12. The van der Waals surface area contributed by atoms with Gasteiger partial charge in [-0.25, -0.2) is 4.79 Å². The number of thiophene rings is 1. The molecule has 0 aliphatic heterocycles. The average Bonchev–Trinajstić information content (AvgIpc) is 3.23. The van der Waals surface area contributed by atoms with Gasteiger partial charge in [0.25, 0.3) is 5.56 Å². The Morgan fingerprint density at radius 2 is 1.78 bits per heavy atom. The number of rotatable bonds is 6. The van der Waals surface area contributed by atoms with Crippen LogP contribution in [-0.2, 0) is 9.53 Å². The van der Waals surface area contributed by atoms with Gasteiger partial charge >= 0.3 is 5.97 Å². The number of hydrogen-bond acceptors (Lipinski definition) is 6. The maximum Gasteiger partial charge on any atom is 0.359 e. The predicted molar refractivity (Wildman–Crippen MR) is 125 cm³/mol. The van der Waals surface area contributed by atoms with Crippen LogP contribution in [0.3, 0.4) is 0 Å². The molecule has 0 saturated heterocycles. The van der Waals surface area contributed by atoms with Crippen molar-refractivity contribution in [3.05, 3.63) is 93.7 Å². The van der Waals surface area contributed by atoms with Crippen LogP contribution in [0.25, 0.3) is 22.5 Å². The highest BCUT2D eigenvalue weighted by atomic mass is 32.1. The van der Waals surface area contributed by atoms with Crippen molar-refractivity contribution in [2.75, 3.05) is 11.9 Å². The second kappa shape index (κ2) is 9.40. The summed E-state index contributed by atoms with van der Waals surface area (Å²) < 4.78 is 6.28. The maximum absolute atomic E-state index is 13.3. The van der Waals surface area contributed by atoms with Gasteiger partial charge in [-0.2, -0.15) is 9.78 Å². The van der Waals surface area contributed by atoms with Gasteiger partial charge in [0.15, 0.2) is 5.69 Å². The van der Waals surface area contributed by atoms with E-state index in [2.05, 4.69) is 10.4 Å². The molecule has 0 saturated carbocycles. The zero-order chi connectivity index (χ0) is 22.5. The predicted octanol–water partition coefficient (Wildman–Crippen LogP) is 4.28. The number of hydrogen-bond donors (Lipinski definition) is 1. The fourth-order valence-corrected chi connectivity index (χ4v) is 4.07. The highest BCUT2D eigenvalue weighted by Crippen LogP contribution is 2.30. The van der Waals surface area contributed by atoms with E-state index in [1.165, 1.54) is 6.08 Å². The number of amides is 1. The van der Waals surface area contributed by atoms with E-state index in [1.54, 1.807) is 42.6 Å². The third-order valence-electron chi connectivity index (χ3n) is 4.59. The largest absolute Gasteiger partial charge is 0.461 e. The minimum Gasteiger partial charge on any atom is -0.461 e. The number of para-hydroxylation sites is 1. The molecular formula is C24H19N3O4S. The van der Waals surface area contributed by atoms with Gasteiger partial charge in [-0.15, -0.1) is 11.3 Å². The molecule has 0 bridgehead atoms. The molecule has 32 heavy (non-hydrogen) atoms. The van der Waals surface area contributed by atoms with Crippen LogP contribution in [0, 0.1) is 0 Å². The third-order valence-corrected chi connectivity index (χ3v) is 5.48. The molecule has 2 aromatic carbocycles. The minimum absolute atomic E-state index is 0.0156. The molecular weight excluding hydrogens is 426 g/mol. The monoisotopic (exact) mass is 445 g/mol. The van der Waals surface area contributed by atoms with Gasteiger partial charge in [0, 0.05) is 16.8 Å². The molecule has 4 rings (SSSR count). The molecule has 4 aromatic rings. The van der Waals surface area contributed by atoms with Crippen molar-refractivity contribution >= 4 is 45.1 Å². The van der Waals surface area contributed by atoms with Crippen LogP contribution in [0.4, 0.5) is 5.00 Å². The van der Waals surface area contributed by atoms with Crippen LogP contribution >= 0.6 is 11.3 Å². The summed E-state index contributed by atoms with van der Waals surface area (Å²) in [5.41, 5.74) is 0.945. The number of ether oxygens (including phenoxy) is 1. The number of fused-ring (bicyclic) bond motifs is 1. The van der Waals surface area contributed by atoms with Crippen molar-refractivity contribution in [1.29, 1.82) is 0 Å². The first kappa shape index (κ1) is 21.2. The highest BCUT2D eigenvalue weighted by molar-refractivity contribution is 7.16. The number of carbonyl (C=O) groups excluding carboxylic acids is 2. The molecule has 0 aliphatic carbocycles. The average molecular weight is 446 g/mol. The fraction of sp³-hybridized carbons (Fsp3) is 0.0833. The second-order valence-corrected chi connectivity index (χ2v) is 7.59. The molecule has 0 radical (unpaired) electrons. The zero-order valence-electron chi connectivity index (χ0n) is 17.1. The topological polar surface area (TPSA) is 90.3 Å². The van der Waals surface area contributed by atoms with Crippen molar-refractivity contribution in [2.24, 2.45) is 0 Å². The number of carbonyl (C=O) groups is 2. The first-order valence-electron chi connectivity index (χ1n) is 9.89. The highest BCUT2D eigenvalue weighted by Gasteiger charge is 2.22. The van der Waals surface area contributed by atoms with Crippen LogP contribution in [-0.4, -0.2) is 28.3 Å². The molecule has 0 spiro atoms. The first-order chi connectivity index (χ1) is 15.6. The quantitative estimate of drug-likeness (QED) is 0.353. The number of anilines is 1. The molecule has 0 fully saturated rings. The normalized spacial score (nSPS) is 11.0. The summed E-state index contributed by atoms with van der Waals surface area (Å²) in [5, 5.41) is 9.53. The van der Waals surface area contributed by atoms with Gasteiger partial charge in [0.1, 0.15) is 5.00 Å². The Labute approximate surface area is 187 Å². The van der Waals surface area contributed by atoms with Crippen LogP contribution in [0.5, 0.6) is 0 Å². The summed E-state index contributed by atoms with van der Waals surface area (Å²) in [6.07, 6.45) is 3.07. The number of esters is 1. The van der Waals surface area contributed by atoms with E-state index in [4.69, 9.17) is 4.74 Å². The lowest BCUT2D eigenvalue weighted by molar-refractivity contribution is -0.111. The smallest absolute Gasteiger partial charge is 0.359 e. The van der Waals surface area contributed by atoms with Crippen molar-refractivity contribution in [1.82, 2.24) is 9.78 Å². The van der Waals surface area contributed by atoms with Crippen LogP contribution < -0.4 is 10.9 Å². The molecule has 2 heterocycles.